The SMILES string of the molecule is [2H]c1c(F)c(C([2H])([2H])[2H])c([2H])[n+](C)c1-c1c(C)ccc2c1oc1c(-c3ccc(-c4ccccc4)cc3)c(F)ccc12. The minimum absolute atomic E-state index is 0.00288. The van der Waals surface area contributed by atoms with Crippen molar-refractivity contribution in [2.24, 2.45) is 7.05 Å². The predicted molar refractivity (Wildman–Crippen MR) is 141 cm³/mol. The van der Waals surface area contributed by atoms with Gasteiger partial charge in [-0.2, -0.15) is 0 Å². The van der Waals surface area contributed by atoms with Crippen molar-refractivity contribution in [1.82, 2.24) is 0 Å². The fourth-order valence-electron chi connectivity index (χ4n) is 4.75. The third-order valence-corrected chi connectivity index (χ3v) is 6.55. The molecule has 2 heterocycles. The van der Waals surface area contributed by atoms with Gasteiger partial charge in [0.15, 0.2) is 6.17 Å². The Labute approximate surface area is 215 Å². The number of rotatable bonds is 3. The molecule has 6 aromatic rings. The van der Waals surface area contributed by atoms with Gasteiger partial charge in [0.05, 0.1) is 12.5 Å². The van der Waals surface area contributed by atoms with Crippen LogP contribution in [0.25, 0.3) is 55.4 Å². The van der Waals surface area contributed by atoms with Gasteiger partial charge in [0.25, 0.3) is 0 Å². The minimum atomic E-state index is -2.91. The van der Waals surface area contributed by atoms with E-state index in [0.717, 1.165) is 11.1 Å². The van der Waals surface area contributed by atoms with E-state index in [1.165, 1.54) is 17.7 Å². The first-order valence-corrected chi connectivity index (χ1v) is 11.5. The summed E-state index contributed by atoms with van der Waals surface area (Å²) in [6.07, 6.45) is -0.564. The maximum Gasteiger partial charge on any atom is 0.219 e. The zero-order valence-electron chi connectivity index (χ0n) is 24.6. The van der Waals surface area contributed by atoms with Crippen LogP contribution in [0.5, 0.6) is 0 Å². The number of fused-ring (bicyclic) bond motifs is 3. The van der Waals surface area contributed by atoms with E-state index in [2.05, 4.69) is 0 Å². The lowest BCUT2D eigenvalue weighted by Crippen LogP contribution is -2.31. The number of furan rings is 1. The molecule has 0 bridgehead atoms. The van der Waals surface area contributed by atoms with Crippen LogP contribution in [0.15, 0.2) is 95.5 Å². The Hall–Kier alpha value is -4.31. The number of aromatic nitrogens is 1. The maximum atomic E-state index is 15.4. The Morgan fingerprint density at radius 1 is 0.722 bits per heavy atom. The van der Waals surface area contributed by atoms with Crippen LogP contribution < -0.4 is 4.57 Å². The monoisotopic (exact) mass is 481 g/mol. The summed E-state index contributed by atoms with van der Waals surface area (Å²) in [5.74, 6) is -1.75. The molecule has 0 saturated carbocycles. The van der Waals surface area contributed by atoms with E-state index in [1.807, 2.05) is 60.7 Å². The van der Waals surface area contributed by atoms with Crippen LogP contribution in [0.1, 0.15) is 18.0 Å². The first-order valence-electron chi connectivity index (χ1n) is 14.0. The average molecular weight is 482 g/mol. The van der Waals surface area contributed by atoms with Gasteiger partial charge in [0.1, 0.15) is 31.2 Å². The molecule has 2 nitrogen and oxygen atoms in total. The summed E-state index contributed by atoms with van der Waals surface area (Å²) in [6.45, 7) is -1.15. The summed E-state index contributed by atoms with van der Waals surface area (Å²) in [4.78, 5) is 0. The summed E-state index contributed by atoms with van der Waals surface area (Å²) in [5, 5.41) is 1.25. The fourth-order valence-corrected chi connectivity index (χ4v) is 4.75. The highest BCUT2D eigenvalue weighted by Crippen LogP contribution is 2.42. The number of benzene rings is 4. The molecule has 0 aliphatic rings. The summed E-state index contributed by atoms with van der Waals surface area (Å²) < 4.78 is 78.4. The quantitative estimate of drug-likeness (QED) is 0.232. The number of hydrogen-bond acceptors (Lipinski definition) is 1. The lowest BCUT2D eigenvalue weighted by atomic mass is 9.97. The van der Waals surface area contributed by atoms with Gasteiger partial charge in [0, 0.05) is 26.5 Å². The Morgan fingerprint density at radius 3 is 2.08 bits per heavy atom. The van der Waals surface area contributed by atoms with Crippen molar-refractivity contribution in [3.63, 3.8) is 0 Å². The molecule has 4 heteroatoms. The van der Waals surface area contributed by atoms with E-state index in [0.29, 0.717) is 33.0 Å². The molecule has 6 rings (SSSR count). The van der Waals surface area contributed by atoms with Gasteiger partial charge in [0.2, 0.25) is 5.69 Å². The zero-order valence-corrected chi connectivity index (χ0v) is 19.6. The molecule has 0 saturated heterocycles. The largest absolute Gasteiger partial charge is 0.454 e. The van der Waals surface area contributed by atoms with Gasteiger partial charge in [-0.1, -0.05) is 66.7 Å². The highest BCUT2D eigenvalue weighted by atomic mass is 19.1. The van der Waals surface area contributed by atoms with Gasteiger partial charge < -0.3 is 4.42 Å². The molecule has 0 fully saturated rings. The Bertz CT molecular complexity index is 1950. The molecule has 4 aromatic carbocycles. The number of pyridine rings is 1. The molecule has 36 heavy (non-hydrogen) atoms. The van der Waals surface area contributed by atoms with E-state index in [1.54, 1.807) is 19.1 Å². The van der Waals surface area contributed by atoms with E-state index in [-0.39, 0.29) is 16.8 Å². The maximum absolute atomic E-state index is 15.4. The lowest BCUT2D eigenvalue weighted by molar-refractivity contribution is -0.661. The minimum Gasteiger partial charge on any atom is -0.454 e. The first-order chi connectivity index (χ1) is 19.5. The molecule has 0 radical (unpaired) electrons. The first kappa shape index (κ1) is 17.2. The van der Waals surface area contributed by atoms with Gasteiger partial charge in [-0.25, -0.2) is 13.3 Å². The van der Waals surface area contributed by atoms with Crippen molar-refractivity contribution in [2.45, 2.75) is 13.8 Å². The number of aryl methyl sites for hydroxylation is 1. The Kier molecular flexibility index (Phi) is 4.02. The Balaban J connectivity index is 1.61. The Morgan fingerprint density at radius 2 is 1.36 bits per heavy atom. The summed E-state index contributed by atoms with van der Waals surface area (Å²) in [6, 6.07) is 23.3. The summed E-state index contributed by atoms with van der Waals surface area (Å²) in [5.41, 5.74) is 3.61. The molecular formula is C32H24F2NO+. The highest BCUT2D eigenvalue weighted by Gasteiger charge is 2.24. The molecule has 2 aromatic heterocycles. The third kappa shape index (κ3) is 3.49. The number of hydrogen-bond donors (Lipinski definition) is 0. The van der Waals surface area contributed by atoms with Crippen molar-refractivity contribution in [3.05, 3.63) is 114 Å². The number of halogens is 2. The second-order valence-corrected chi connectivity index (χ2v) is 8.81. The second kappa shape index (κ2) is 8.42. The van der Waals surface area contributed by atoms with Gasteiger partial charge in [-0.15, -0.1) is 0 Å². The van der Waals surface area contributed by atoms with E-state index < -0.39 is 36.3 Å². The third-order valence-electron chi connectivity index (χ3n) is 6.55. The van der Waals surface area contributed by atoms with Crippen molar-refractivity contribution in [1.29, 1.82) is 0 Å². The number of nitrogens with zero attached hydrogens (tertiary/aromatic N) is 1. The standard InChI is InChI=1S/C32H24F2NO/c1-19-9-14-24-25-15-16-26(33)30(23-12-10-22(11-13-23)21-7-5-4-6-8-21)32(25)36-31(24)29(19)28-17-27(34)20(2)18-35(28)3/h4-18H,1-3H3/q+1/i2D3,17D,18D. The van der Waals surface area contributed by atoms with Crippen LogP contribution in [0.2, 0.25) is 0 Å². The molecule has 0 atom stereocenters. The van der Waals surface area contributed by atoms with Gasteiger partial charge >= 0.3 is 0 Å². The average Bonchev–Trinajstić information content (AvgIpc) is 3.31. The van der Waals surface area contributed by atoms with Crippen LogP contribution in [-0.2, 0) is 7.05 Å². The van der Waals surface area contributed by atoms with Crippen LogP contribution in [-0.4, -0.2) is 0 Å². The van der Waals surface area contributed by atoms with Gasteiger partial charge in [-0.05, 0) is 48.2 Å². The van der Waals surface area contributed by atoms with Crippen LogP contribution in [0.3, 0.4) is 0 Å². The highest BCUT2D eigenvalue weighted by molar-refractivity contribution is 6.13. The second-order valence-electron chi connectivity index (χ2n) is 8.81. The normalized spacial score (nSPS) is 13.8. The molecular weight excluding hydrogens is 452 g/mol. The lowest BCUT2D eigenvalue weighted by Gasteiger charge is -2.07. The topological polar surface area (TPSA) is 17.0 Å². The van der Waals surface area contributed by atoms with Crippen molar-refractivity contribution in [2.75, 3.05) is 0 Å². The van der Waals surface area contributed by atoms with Crippen LogP contribution in [0, 0.1) is 25.4 Å². The van der Waals surface area contributed by atoms with Crippen molar-refractivity contribution in [3.8, 4) is 33.5 Å². The molecule has 0 N–H and O–H groups in total. The molecule has 0 aliphatic carbocycles. The fraction of sp³-hybridized carbons (Fsp3) is 0.0938. The summed E-state index contributed by atoms with van der Waals surface area (Å²) >= 11 is 0. The molecule has 176 valence electrons. The van der Waals surface area contributed by atoms with Gasteiger partial charge in [-0.3, -0.25) is 0 Å². The molecule has 0 spiro atoms. The summed E-state index contributed by atoms with van der Waals surface area (Å²) in [7, 11) is 1.42. The zero-order chi connectivity index (χ0) is 29.2. The van der Waals surface area contributed by atoms with E-state index >= 15 is 8.78 Å². The van der Waals surface area contributed by atoms with Crippen LogP contribution >= 0.6 is 0 Å². The van der Waals surface area contributed by atoms with Crippen molar-refractivity contribution >= 4 is 21.9 Å². The van der Waals surface area contributed by atoms with E-state index in [4.69, 9.17) is 11.3 Å². The van der Waals surface area contributed by atoms with Crippen LogP contribution in [0.4, 0.5) is 8.78 Å². The predicted octanol–water partition coefficient (Wildman–Crippen LogP) is 8.31. The van der Waals surface area contributed by atoms with E-state index in [9.17, 15) is 0 Å². The van der Waals surface area contributed by atoms with Crippen molar-refractivity contribution < 1.29 is 24.6 Å². The molecule has 0 amide bonds. The molecule has 0 unspecified atom stereocenters. The smallest absolute Gasteiger partial charge is 0.219 e. The molecule has 0 aliphatic heterocycles.